The van der Waals surface area contributed by atoms with Crippen LogP contribution in [0.2, 0.25) is 0 Å². The van der Waals surface area contributed by atoms with Crippen molar-refractivity contribution in [1.29, 1.82) is 0 Å². The van der Waals surface area contributed by atoms with Gasteiger partial charge in [0.25, 0.3) is 0 Å². The van der Waals surface area contributed by atoms with E-state index < -0.39 is 11.9 Å². The van der Waals surface area contributed by atoms with Gasteiger partial charge in [-0.15, -0.1) is 0 Å². The van der Waals surface area contributed by atoms with Crippen molar-refractivity contribution in [2.24, 2.45) is 11.7 Å². The fourth-order valence-corrected chi connectivity index (χ4v) is 3.22. The van der Waals surface area contributed by atoms with E-state index in [9.17, 15) is 14.4 Å². The summed E-state index contributed by atoms with van der Waals surface area (Å²) in [4.78, 5) is 38.4. The Bertz CT molecular complexity index is 856. The molecule has 2 rings (SSSR count). The van der Waals surface area contributed by atoms with Gasteiger partial charge in [0.15, 0.2) is 0 Å². The van der Waals surface area contributed by atoms with Crippen LogP contribution in [-0.4, -0.2) is 41.2 Å². The molecule has 0 saturated carbocycles. The Morgan fingerprint density at radius 1 is 1.00 bits per heavy atom. The number of carbonyl (C=O) groups excluding carboxylic acids is 3. The molecule has 6 nitrogen and oxygen atoms in total. The predicted molar refractivity (Wildman–Crippen MR) is 110 cm³/mol. The van der Waals surface area contributed by atoms with E-state index in [1.165, 1.54) is 4.90 Å². The average Bonchev–Trinajstić information content (AvgIpc) is 2.63. The van der Waals surface area contributed by atoms with Crippen LogP contribution in [0.25, 0.3) is 10.8 Å². The molecule has 0 saturated heterocycles. The van der Waals surface area contributed by atoms with Gasteiger partial charge in [0.05, 0.1) is 13.0 Å². The molecule has 0 radical (unpaired) electrons. The fraction of sp³-hybridized carbons (Fsp3) is 0.409. The van der Waals surface area contributed by atoms with Gasteiger partial charge < -0.3 is 16.0 Å². The van der Waals surface area contributed by atoms with E-state index in [0.29, 0.717) is 0 Å². The molecule has 2 aromatic rings. The van der Waals surface area contributed by atoms with E-state index in [4.69, 9.17) is 5.73 Å². The lowest BCUT2D eigenvalue weighted by Gasteiger charge is -2.31. The van der Waals surface area contributed by atoms with Crippen LogP contribution in [0.15, 0.2) is 42.5 Å². The fourth-order valence-electron chi connectivity index (χ4n) is 3.22. The molecule has 0 bridgehead atoms. The van der Waals surface area contributed by atoms with Crippen LogP contribution in [0.5, 0.6) is 0 Å². The first-order valence-corrected chi connectivity index (χ1v) is 9.55. The molecule has 2 aromatic carbocycles. The second kappa shape index (κ2) is 9.35. The SMILES string of the molecule is CC(C)[C@H](NC(=O)Cc1cccc2ccccc12)C(=O)N(CC(N)=O)C(C)C. The number of nitrogens with zero attached hydrogens (tertiary/aromatic N) is 1. The Kier molecular flexibility index (Phi) is 7.15. The van der Waals surface area contributed by atoms with Crippen LogP contribution in [0.3, 0.4) is 0 Å². The number of amides is 3. The van der Waals surface area contributed by atoms with E-state index in [1.54, 1.807) is 0 Å². The van der Waals surface area contributed by atoms with Crippen molar-refractivity contribution in [2.75, 3.05) is 6.54 Å². The summed E-state index contributed by atoms with van der Waals surface area (Å²) in [7, 11) is 0. The first-order valence-electron chi connectivity index (χ1n) is 9.55. The van der Waals surface area contributed by atoms with Crippen molar-refractivity contribution in [3.63, 3.8) is 0 Å². The van der Waals surface area contributed by atoms with Crippen LogP contribution in [0.4, 0.5) is 0 Å². The van der Waals surface area contributed by atoms with Gasteiger partial charge in [0.1, 0.15) is 6.04 Å². The number of rotatable bonds is 8. The lowest BCUT2D eigenvalue weighted by molar-refractivity contribution is -0.141. The highest BCUT2D eigenvalue weighted by Crippen LogP contribution is 2.19. The molecule has 150 valence electrons. The lowest BCUT2D eigenvalue weighted by Crippen LogP contribution is -2.55. The Hall–Kier alpha value is -2.89. The minimum absolute atomic E-state index is 0.127. The summed E-state index contributed by atoms with van der Waals surface area (Å²) < 4.78 is 0. The van der Waals surface area contributed by atoms with E-state index >= 15 is 0 Å². The molecular weight excluding hydrogens is 354 g/mol. The summed E-state index contributed by atoms with van der Waals surface area (Å²) in [6.07, 6.45) is 0.176. The Balaban J connectivity index is 2.18. The molecule has 3 N–H and O–H groups in total. The predicted octanol–water partition coefficient (Wildman–Crippen LogP) is 2.25. The van der Waals surface area contributed by atoms with Crippen LogP contribution in [-0.2, 0) is 20.8 Å². The Morgan fingerprint density at radius 2 is 1.64 bits per heavy atom. The standard InChI is InChI=1S/C22H29N3O3/c1-14(2)21(22(28)25(15(3)4)13-19(23)26)24-20(27)12-17-10-7-9-16-8-5-6-11-18(16)17/h5-11,14-15,21H,12-13H2,1-4H3,(H2,23,26)(H,24,27)/t21-/m0/s1. The zero-order valence-electron chi connectivity index (χ0n) is 16.9. The number of hydrogen-bond acceptors (Lipinski definition) is 3. The molecule has 6 heteroatoms. The second-order valence-electron chi connectivity index (χ2n) is 7.63. The first-order chi connectivity index (χ1) is 13.2. The molecule has 3 amide bonds. The summed E-state index contributed by atoms with van der Waals surface area (Å²) in [5.41, 5.74) is 6.19. The molecular formula is C22H29N3O3. The van der Waals surface area contributed by atoms with Crippen molar-refractivity contribution >= 4 is 28.5 Å². The largest absolute Gasteiger partial charge is 0.368 e. The van der Waals surface area contributed by atoms with Gasteiger partial charge in [-0.1, -0.05) is 56.3 Å². The molecule has 0 aliphatic carbocycles. The second-order valence-corrected chi connectivity index (χ2v) is 7.63. The molecule has 0 spiro atoms. The van der Waals surface area contributed by atoms with Crippen molar-refractivity contribution < 1.29 is 14.4 Å². The molecule has 0 aliphatic rings. The van der Waals surface area contributed by atoms with Gasteiger partial charge in [-0.05, 0) is 36.1 Å². The van der Waals surface area contributed by atoms with Crippen LogP contribution >= 0.6 is 0 Å². The summed E-state index contributed by atoms with van der Waals surface area (Å²) in [5.74, 6) is -1.23. The van der Waals surface area contributed by atoms with Gasteiger partial charge >= 0.3 is 0 Å². The number of nitrogens with one attached hydrogen (secondary N) is 1. The van der Waals surface area contributed by atoms with Gasteiger partial charge in [-0.25, -0.2) is 0 Å². The van der Waals surface area contributed by atoms with Crippen LogP contribution in [0, 0.1) is 5.92 Å². The number of nitrogens with two attached hydrogens (primary N) is 1. The monoisotopic (exact) mass is 383 g/mol. The maximum Gasteiger partial charge on any atom is 0.246 e. The minimum Gasteiger partial charge on any atom is -0.368 e. The minimum atomic E-state index is -0.718. The number of benzene rings is 2. The molecule has 0 heterocycles. The molecule has 0 fully saturated rings. The highest BCUT2D eigenvalue weighted by atomic mass is 16.2. The van der Waals surface area contributed by atoms with Gasteiger partial charge in [-0.3, -0.25) is 14.4 Å². The maximum atomic E-state index is 13.0. The molecule has 0 unspecified atom stereocenters. The highest BCUT2D eigenvalue weighted by molar-refractivity contribution is 5.93. The first kappa shape index (κ1) is 21.4. The van der Waals surface area contributed by atoms with Crippen molar-refractivity contribution in [2.45, 2.75) is 46.2 Å². The normalized spacial score (nSPS) is 12.2. The Morgan fingerprint density at radius 3 is 2.25 bits per heavy atom. The van der Waals surface area contributed by atoms with Crippen molar-refractivity contribution in [3.8, 4) is 0 Å². The maximum absolute atomic E-state index is 13.0. The summed E-state index contributed by atoms with van der Waals surface area (Å²) in [6, 6.07) is 12.8. The van der Waals surface area contributed by atoms with Crippen LogP contribution < -0.4 is 11.1 Å². The molecule has 0 aliphatic heterocycles. The third-order valence-electron chi connectivity index (χ3n) is 4.71. The molecule has 28 heavy (non-hydrogen) atoms. The average molecular weight is 383 g/mol. The number of fused-ring (bicyclic) bond motifs is 1. The zero-order chi connectivity index (χ0) is 20.8. The van der Waals surface area contributed by atoms with Crippen molar-refractivity contribution in [1.82, 2.24) is 10.2 Å². The lowest BCUT2D eigenvalue weighted by atomic mass is 9.99. The van der Waals surface area contributed by atoms with Crippen molar-refractivity contribution in [3.05, 3.63) is 48.0 Å². The third kappa shape index (κ3) is 5.31. The summed E-state index contributed by atoms with van der Waals surface area (Å²) in [6.45, 7) is 7.19. The van der Waals surface area contributed by atoms with Crippen LogP contribution in [0.1, 0.15) is 33.3 Å². The Labute approximate surface area is 166 Å². The quantitative estimate of drug-likeness (QED) is 0.732. The third-order valence-corrected chi connectivity index (χ3v) is 4.71. The molecule has 0 aromatic heterocycles. The number of primary amides is 1. The summed E-state index contributed by atoms with van der Waals surface area (Å²) in [5, 5.41) is 4.94. The molecule has 1 atom stereocenters. The van der Waals surface area contributed by atoms with E-state index in [0.717, 1.165) is 16.3 Å². The zero-order valence-corrected chi connectivity index (χ0v) is 16.9. The smallest absolute Gasteiger partial charge is 0.246 e. The van der Waals surface area contributed by atoms with E-state index in [1.807, 2.05) is 70.2 Å². The number of hydrogen-bond donors (Lipinski definition) is 2. The topological polar surface area (TPSA) is 92.5 Å². The highest BCUT2D eigenvalue weighted by Gasteiger charge is 2.30. The summed E-state index contributed by atoms with van der Waals surface area (Å²) >= 11 is 0. The van der Waals surface area contributed by atoms with Gasteiger partial charge in [0.2, 0.25) is 17.7 Å². The van der Waals surface area contributed by atoms with E-state index in [-0.39, 0.29) is 36.7 Å². The number of carbonyl (C=O) groups is 3. The van der Waals surface area contributed by atoms with E-state index in [2.05, 4.69) is 5.32 Å². The van der Waals surface area contributed by atoms with Gasteiger partial charge in [0, 0.05) is 6.04 Å². The van der Waals surface area contributed by atoms with Gasteiger partial charge in [-0.2, -0.15) is 0 Å².